The zero-order chi connectivity index (χ0) is 11.3. The van der Waals surface area contributed by atoms with Crippen molar-refractivity contribution in [2.75, 3.05) is 12.0 Å². The highest BCUT2D eigenvalue weighted by atomic mass is 32.2. The van der Waals surface area contributed by atoms with Crippen LogP contribution in [0.2, 0.25) is 0 Å². The Hall–Kier alpha value is 0.220. The van der Waals surface area contributed by atoms with E-state index in [1.54, 1.807) is 34.9 Å². The van der Waals surface area contributed by atoms with Gasteiger partial charge in [0.05, 0.1) is 5.60 Å². The van der Waals surface area contributed by atoms with E-state index in [9.17, 15) is 5.11 Å². The summed E-state index contributed by atoms with van der Waals surface area (Å²) in [6.07, 6.45) is 3.55. The largest absolute Gasteiger partial charge is 0.389 e. The summed E-state index contributed by atoms with van der Waals surface area (Å²) < 4.78 is 1.92. The van der Waals surface area contributed by atoms with E-state index in [0.29, 0.717) is 5.75 Å². The summed E-state index contributed by atoms with van der Waals surface area (Å²) in [7, 11) is 0. The first-order valence-electron chi connectivity index (χ1n) is 4.86. The standard InChI is InChI=1S/C9H16N2OS3/c1-4-9(12,5-2)6-14-8-11-10-7(13-3)15-8/h12H,4-6H2,1-3H3. The van der Waals surface area contributed by atoms with Gasteiger partial charge in [-0.2, -0.15) is 0 Å². The fourth-order valence-electron chi connectivity index (χ4n) is 0.988. The summed E-state index contributed by atoms with van der Waals surface area (Å²) in [5, 5.41) is 18.2. The maximum Gasteiger partial charge on any atom is 0.175 e. The Morgan fingerprint density at radius 3 is 2.33 bits per heavy atom. The van der Waals surface area contributed by atoms with Crippen molar-refractivity contribution in [1.29, 1.82) is 0 Å². The Bertz CT molecular complexity index is 299. The second-order valence-electron chi connectivity index (χ2n) is 3.26. The molecule has 6 heteroatoms. The quantitative estimate of drug-likeness (QED) is 0.801. The van der Waals surface area contributed by atoms with Crippen molar-refractivity contribution < 1.29 is 5.11 Å². The van der Waals surface area contributed by atoms with Crippen LogP contribution in [-0.2, 0) is 0 Å². The van der Waals surface area contributed by atoms with Gasteiger partial charge in [0.1, 0.15) is 0 Å². The predicted octanol–water partition coefficient (Wildman–Crippen LogP) is 2.90. The molecular formula is C9H16N2OS3. The van der Waals surface area contributed by atoms with E-state index in [-0.39, 0.29) is 0 Å². The maximum absolute atomic E-state index is 10.1. The number of rotatable bonds is 6. The summed E-state index contributed by atoms with van der Waals surface area (Å²) >= 11 is 4.79. The zero-order valence-electron chi connectivity index (χ0n) is 9.19. The van der Waals surface area contributed by atoms with E-state index in [2.05, 4.69) is 10.2 Å². The molecule has 1 aromatic rings. The fraction of sp³-hybridized carbons (Fsp3) is 0.778. The van der Waals surface area contributed by atoms with E-state index < -0.39 is 5.60 Å². The minimum Gasteiger partial charge on any atom is -0.389 e. The van der Waals surface area contributed by atoms with Crippen LogP contribution in [0.5, 0.6) is 0 Å². The molecule has 0 saturated heterocycles. The van der Waals surface area contributed by atoms with Crippen LogP contribution in [0, 0.1) is 0 Å². The van der Waals surface area contributed by atoms with E-state index in [1.165, 1.54) is 0 Å². The number of aliphatic hydroxyl groups is 1. The van der Waals surface area contributed by atoms with Crippen LogP contribution in [-0.4, -0.2) is 32.9 Å². The Balaban J connectivity index is 2.49. The van der Waals surface area contributed by atoms with Crippen molar-refractivity contribution in [1.82, 2.24) is 10.2 Å². The molecular weight excluding hydrogens is 248 g/mol. The number of hydrogen-bond acceptors (Lipinski definition) is 6. The molecule has 86 valence electrons. The van der Waals surface area contributed by atoms with Crippen LogP contribution in [0.25, 0.3) is 0 Å². The van der Waals surface area contributed by atoms with Gasteiger partial charge in [0.25, 0.3) is 0 Å². The minimum atomic E-state index is -0.560. The van der Waals surface area contributed by atoms with Gasteiger partial charge >= 0.3 is 0 Å². The molecule has 1 heterocycles. The number of nitrogens with zero attached hydrogens (tertiary/aromatic N) is 2. The molecule has 0 amide bonds. The van der Waals surface area contributed by atoms with Crippen LogP contribution >= 0.6 is 34.9 Å². The van der Waals surface area contributed by atoms with E-state index in [4.69, 9.17) is 0 Å². The fourth-order valence-corrected chi connectivity index (χ4v) is 3.70. The Morgan fingerprint density at radius 2 is 1.87 bits per heavy atom. The lowest BCUT2D eigenvalue weighted by Gasteiger charge is -2.23. The topological polar surface area (TPSA) is 46.0 Å². The van der Waals surface area contributed by atoms with E-state index in [0.717, 1.165) is 21.5 Å². The predicted molar refractivity (Wildman–Crippen MR) is 67.9 cm³/mol. The first-order chi connectivity index (χ1) is 7.13. The van der Waals surface area contributed by atoms with Crippen LogP contribution in [0.3, 0.4) is 0 Å². The lowest BCUT2D eigenvalue weighted by Crippen LogP contribution is -2.29. The molecule has 0 spiro atoms. The van der Waals surface area contributed by atoms with E-state index >= 15 is 0 Å². The second kappa shape index (κ2) is 6.08. The van der Waals surface area contributed by atoms with Gasteiger partial charge in [0, 0.05) is 5.75 Å². The molecule has 1 rings (SSSR count). The lowest BCUT2D eigenvalue weighted by molar-refractivity contribution is 0.0572. The molecule has 0 unspecified atom stereocenters. The van der Waals surface area contributed by atoms with Crippen LogP contribution in [0.1, 0.15) is 26.7 Å². The number of hydrogen-bond donors (Lipinski definition) is 1. The minimum absolute atomic E-state index is 0.560. The van der Waals surface area contributed by atoms with Gasteiger partial charge in [0.2, 0.25) is 0 Å². The summed E-state index contributed by atoms with van der Waals surface area (Å²) in [6.45, 7) is 4.02. The summed E-state index contributed by atoms with van der Waals surface area (Å²) in [6, 6.07) is 0. The Morgan fingerprint density at radius 1 is 1.27 bits per heavy atom. The molecule has 1 N–H and O–H groups in total. The van der Waals surface area contributed by atoms with Gasteiger partial charge in [-0.05, 0) is 19.1 Å². The van der Waals surface area contributed by atoms with E-state index in [1.807, 2.05) is 20.1 Å². The lowest BCUT2D eigenvalue weighted by atomic mass is 10.0. The van der Waals surface area contributed by atoms with Gasteiger partial charge in [-0.15, -0.1) is 10.2 Å². The second-order valence-corrected chi connectivity index (χ2v) is 6.51. The molecule has 0 aliphatic heterocycles. The molecule has 0 aliphatic carbocycles. The first-order valence-corrected chi connectivity index (χ1v) is 7.89. The zero-order valence-corrected chi connectivity index (χ0v) is 11.6. The SMILES string of the molecule is CCC(O)(CC)CSc1nnc(SC)s1. The average molecular weight is 264 g/mol. The smallest absolute Gasteiger partial charge is 0.175 e. The van der Waals surface area contributed by atoms with Crippen molar-refractivity contribution in [2.45, 2.75) is 41.0 Å². The van der Waals surface area contributed by atoms with Crippen molar-refractivity contribution in [3.05, 3.63) is 0 Å². The van der Waals surface area contributed by atoms with Gasteiger partial charge < -0.3 is 5.11 Å². The summed E-state index contributed by atoms with van der Waals surface area (Å²) in [4.78, 5) is 0. The third-order valence-electron chi connectivity index (χ3n) is 2.34. The van der Waals surface area contributed by atoms with Crippen molar-refractivity contribution in [2.24, 2.45) is 0 Å². The maximum atomic E-state index is 10.1. The molecule has 0 aliphatic rings. The summed E-state index contributed by atoms with van der Waals surface area (Å²) in [5.41, 5.74) is -0.560. The van der Waals surface area contributed by atoms with Crippen molar-refractivity contribution in [3.63, 3.8) is 0 Å². The molecule has 0 aromatic carbocycles. The van der Waals surface area contributed by atoms with Crippen molar-refractivity contribution >= 4 is 34.9 Å². The normalized spacial score (nSPS) is 12.0. The van der Waals surface area contributed by atoms with Gasteiger partial charge in [-0.3, -0.25) is 0 Å². The molecule has 3 nitrogen and oxygen atoms in total. The van der Waals surface area contributed by atoms with Gasteiger partial charge in [-0.1, -0.05) is 48.7 Å². The van der Waals surface area contributed by atoms with Crippen LogP contribution in [0.15, 0.2) is 8.68 Å². The third-order valence-corrected chi connectivity index (χ3v) is 5.65. The Kier molecular flexibility index (Phi) is 5.38. The number of aromatic nitrogens is 2. The molecule has 0 radical (unpaired) electrons. The average Bonchev–Trinajstić information content (AvgIpc) is 2.74. The summed E-state index contributed by atoms with van der Waals surface area (Å²) in [5.74, 6) is 0.697. The van der Waals surface area contributed by atoms with Gasteiger partial charge in [-0.25, -0.2) is 0 Å². The third kappa shape index (κ3) is 3.94. The first kappa shape index (κ1) is 13.3. The molecule has 0 atom stereocenters. The van der Waals surface area contributed by atoms with Crippen LogP contribution < -0.4 is 0 Å². The monoisotopic (exact) mass is 264 g/mol. The van der Waals surface area contributed by atoms with Gasteiger partial charge in [0.15, 0.2) is 8.68 Å². The highest BCUT2D eigenvalue weighted by Gasteiger charge is 2.23. The molecule has 0 fully saturated rings. The molecule has 15 heavy (non-hydrogen) atoms. The molecule has 0 saturated carbocycles. The molecule has 1 aromatic heterocycles. The van der Waals surface area contributed by atoms with Crippen molar-refractivity contribution in [3.8, 4) is 0 Å². The molecule has 0 bridgehead atoms. The highest BCUT2D eigenvalue weighted by molar-refractivity contribution is 8.03. The number of thioether (sulfide) groups is 2. The Labute approximate surface area is 103 Å². The van der Waals surface area contributed by atoms with Crippen LogP contribution in [0.4, 0.5) is 0 Å². The highest BCUT2D eigenvalue weighted by Crippen LogP contribution is 2.31.